The van der Waals surface area contributed by atoms with E-state index in [1.54, 1.807) is 24.3 Å². The number of benzene rings is 2. The predicted octanol–water partition coefficient (Wildman–Crippen LogP) is 3.81. The highest BCUT2D eigenvalue weighted by atomic mass is 19.1. The number of halogens is 2. The van der Waals surface area contributed by atoms with Gasteiger partial charge in [-0.1, -0.05) is 24.3 Å². The minimum atomic E-state index is -0.290. The summed E-state index contributed by atoms with van der Waals surface area (Å²) in [5.41, 5.74) is 1.86. The first-order valence-corrected chi connectivity index (χ1v) is 8.54. The first kappa shape index (κ1) is 17.5. The van der Waals surface area contributed by atoms with Crippen molar-refractivity contribution in [3.05, 3.63) is 71.3 Å². The molecule has 0 aromatic heterocycles. The van der Waals surface area contributed by atoms with Gasteiger partial charge in [-0.15, -0.1) is 0 Å². The molecule has 0 radical (unpaired) electrons. The van der Waals surface area contributed by atoms with E-state index >= 15 is 0 Å². The van der Waals surface area contributed by atoms with E-state index in [2.05, 4.69) is 10.2 Å². The summed E-state index contributed by atoms with van der Waals surface area (Å²) in [4.78, 5) is 14.5. The van der Waals surface area contributed by atoms with Gasteiger partial charge >= 0.3 is 0 Å². The normalized spacial score (nSPS) is 15.2. The molecule has 0 heterocycles. The van der Waals surface area contributed by atoms with Crippen LogP contribution < -0.4 is 5.32 Å². The molecule has 1 aliphatic carbocycles. The third-order valence-electron chi connectivity index (χ3n) is 4.46. The van der Waals surface area contributed by atoms with E-state index in [-0.39, 0.29) is 23.6 Å². The van der Waals surface area contributed by atoms with Gasteiger partial charge in [-0.3, -0.25) is 9.69 Å². The molecule has 2 aromatic carbocycles. The van der Waals surface area contributed by atoms with Crippen molar-refractivity contribution in [2.75, 3.05) is 6.54 Å². The molecule has 25 heavy (non-hydrogen) atoms. The third-order valence-corrected chi connectivity index (χ3v) is 4.46. The van der Waals surface area contributed by atoms with Crippen LogP contribution in [0, 0.1) is 11.6 Å². The van der Waals surface area contributed by atoms with Crippen LogP contribution in [-0.2, 0) is 11.3 Å². The molecule has 0 saturated heterocycles. The lowest BCUT2D eigenvalue weighted by atomic mass is 10.1. The number of nitrogens with zero attached hydrogens (tertiary/aromatic N) is 1. The van der Waals surface area contributed by atoms with Crippen molar-refractivity contribution in [1.82, 2.24) is 10.2 Å². The Morgan fingerprint density at radius 3 is 2.20 bits per heavy atom. The summed E-state index contributed by atoms with van der Waals surface area (Å²) in [6.07, 6.45) is 2.17. The Bertz CT molecular complexity index is 711. The summed E-state index contributed by atoms with van der Waals surface area (Å²) < 4.78 is 26.0. The van der Waals surface area contributed by atoms with E-state index in [1.807, 2.05) is 6.92 Å². The number of amides is 1. The Hall–Kier alpha value is -2.27. The lowest BCUT2D eigenvalue weighted by molar-refractivity contribution is -0.123. The topological polar surface area (TPSA) is 32.3 Å². The standard InChI is InChI=1S/C20H22F2N2O/c1-14(16-4-8-18(22)9-5-16)23-20(25)13-24(19-10-11-19)12-15-2-6-17(21)7-3-15/h2-9,14,19H,10-13H2,1H3,(H,23,25). The van der Waals surface area contributed by atoms with Gasteiger partial charge in [0.05, 0.1) is 12.6 Å². The molecule has 1 aliphatic rings. The fourth-order valence-corrected chi connectivity index (χ4v) is 2.88. The Balaban J connectivity index is 1.57. The molecule has 1 atom stereocenters. The molecule has 1 amide bonds. The van der Waals surface area contributed by atoms with Crippen LogP contribution in [0.3, 0.4) is 0 Å². The van der Waals surface area contributed by atoms with Gasteiger partial charge in [0.1, 0.15) is 11.6 Å². The second-order valence-electron chi connectivity index (χ2n) is 6.60. The van der Waals surface area contributed by atoms with Gasteiger partial charge in [-0.25, -0.2) is 8.78 Å². The van der Waals surface area contributed by atoms with Crippen molar-refractivity contribution in [1.29, 1.82) is 0 Å². The minimum Gasteiger partial charge on any atom is -0.348 e. The Morgan fingerprint density at radius 1 is 1.08 bits per heavy atom. The van der Waals surface area contributed by atoms with Gasteiger partial charge in [0, 0.05) is 12.6 Å². The number of rotatable bonds is 7. The second-order valence-corrected chi connectivity index (χ2v) is 6.60. The van der Waals surface area contributed by atoms with E-state index in [1.165, 1.54) is 24.3 Å². The maximum atomic E-state index is 13.0. The predicted molar refractivity (Wildman–Crippen MR) is 92.8 cm³/mol. The molecule has 2 aromatic rings. The molecular weight excluding hydrogens is 322 g/mol. The van der Waals surface area contributed by atoms with Crippen molar-refractivity contribution < 1.29 is 13.6 Å². The molecule has 1 unspecified atom stereocenters. The lowest BCUT2D eigenvalue weighted by Gasteiger charge is -2.23. The molecule has 5 heteroatoms. The zero-order valence-corrected chi connectivity index (χ0v) is 14.2. The van der Waals surface area contributed by atoms with Gasteiger partial charge in [0.15, 0.2) is 0 Å². The van der Waals surface area contributed by atoms with Crippen molar-refractivity contribution >= 4 is 5.91 Å². The molecule has 0 aliphatic heterocycles. The highest BCUT2D eigenvalue weighted by molar-refractivity contribution is 5.78. The Kier molecular flexibility index (Phi) is 5.43. The van der Waals surface area contributed by atoms with Crippen LogP contribution in [0.4, 0.5) is 8.78 Å². The van der Waals surface area contributed by atoms with E-state index in [4.69, 9.17) is 0 Å². The number of carbonyl (C=O) groups excluding carboxylic acids is 1. The monoisotopic (exact) mass is 344 g/mol. The highest BCUT2D eigenvalue weighted by Crippen LogP contribution is 2.28. The molecule has 132 valence electrons. The fourth-order valence-electron chi connectivity index (χ4n) is 2.88. The third kappa shape index (κ3) is 5.10. The van der Waals surface area contributed by atoms with Gasteiger partial charge in [0.25, 0.3) is 0 Å². The summed E-state index contributed by atoms with van der Waals surface area (Å²) in [5, 5.41) is 2.96. The van der Waals surface area contributed by atoms with Crippen LogP contribution in [0.1, 0.15) is 36.9 Å². The molecule has 3 rings (SSSR count). The molecule has 0 spiro atoms. The number of hydrogen-bond donors (Lipinski definition) is 1. The van der Waals surface area contributed by atoms with Crippen molar-refractivity contribution in [3.8, 4) is 0 Å². The molecule has 3 nitrogen and oxygen atoms in total. The molecular formula is C20H22F2N2O. The quantitative estimate of drug-likeness (QED) is 0.828. The van der Waals surface area contributed by atoms with Gasteiger partial charge < -0.3 is 5.32 Å². The number of hydrogen-bond acceptors (Lipinski definition) is 2. The maximum absolute atomic E-state index is 13.0. The summed E-state index contributed by atoms with van der Waals surface area (Å²) in [5.74, 6) is -0.611. The van der Waals surface area contributed by atoms with Crippen molar-refractivity contribution in [2.24, 2.45) is 0 Å². The van der Waals surface area contributed by atoms with Crippen LogP contribution in [0.15, 0.2) is 48.5 Å². The van der Waals surface area contributed by atoms with E-state index in [0.717, 1.165) is 24.0 Å². The molecule has 1 fully saturated rings. The van der Waals surface area contributed by atoms with Crippen molar-refractivity contribution in [2.45, 2.75) is 38.4 Å². The van der Waals surface area contributed by atoms with Gasteiger partial charge in [-0.2, -0.15) is 0 Å². The number of nitrogens with one attached hydrogen (secondary N) is 1. The SMILES string of the molecule is CC(NC(=O)CN(Cc1ccc(F)cc1)C1CC1)c1ccc(F)cc1. The smallest absolute Gasteiger partial charge is 0.234 e. The largest absolute Gasteiger partial charge is 0.348 e. The van der Waals surface area contributed by atoms with Gasteiger partial charge in [-0.05, 0) is 55.2 Å². The highest BCUT2D eigenvalue weighted by Gasteiger charge is 2.30. The van der Waals surface area contributed by atoms with Crippen molar-refractivity contribution in [3.63, 3.8) is 0 Å². The van der Waals surface area contributed by atoms with E-state index in [9.17, 15) is 13.6 Å². The maximum Gasteiger partial charge on any atom is 0.234 e. The zero-order valence-electron chi connectivity index (χ0n) is 14.2. The van der Waals surface area contributed by atoms with Crippen LogP contribution in [0.25, 0.3) is 0 Å². The lowest BCUT2D eigenvalue weighted by Crippen LogP contribution is -2.39. The Morgan fingerprint density at radius 2 is 1.64 bits per heavy atom. The summed E-state index contributed by atoms with van der Waals surface area (Å²) in [6.45, 7) is 2.81. The summed E-state index contributed by atoms with van der Waals surface area (Å²) in [7, 11) is 0. The average Bonchev–Trinajstić information content (AvgIpc) is 3.41. The molecule has 0 bridgehead atoms. The summed E-state index contributed by atoms with van der Waals surface area (Å²) >= 11 is 0. The molecule has 1 N–H and O–H groups in total. The van der Waals surface area contributed by atoms with E-state index < -0.39 is 0 Å². The Labute approximate surface area is 146 Å². The van der Waals surface area contributed by atoms with Crippen LogP contribution in [-0.4, -0.2) is 23.4 Å². The van der Waals surface area contributed by atoms with Crippen LogP contribution in [0.2, 0.25) is 0 Å². The second kappa shape index (κ2) is 7.74. The van der Waals surface area contributed by atoms with Crippen LogP contribution in [0.5, 0.6) is 0 Å². The minimum absolute atomic E-state index is 0.0640. The average molecular weight is 344 g/mol. The molecule has 1 saturated carbocycles. The first-order valence-electron chi connectivity index (χ1n) is 8.54. The van der Waals surface area contributed by atoms with Gasteiger partial charge in [0.2, 0.25) is 5.91 Å². The summed E-state index contributed by atoms with van der Waals surface area (Å²) in [6, 6.07) is 12.8. The fraction of sp³-hybridized carbons (Fsp3) is 0.350. The number of carbonyl (C=O) groups is 1. The first-order chi connectivity index (χ1) is 12.0. The van der Waals surface area contributed by atoms with Crippen LogP contribution >= 0.6 is 0 Å². The zero-order chi connectivity index (χ0) is 17.8. The van der Waals surface area contributed by atoms with E-state index in [0.29, 0.717) is 19.1 Å².